The van der Waals surface area contributed by atoms with E-state index < -0.39 is 28.9 Å². The largest absolute Gasteiger partial charge is 0.423 e. The predicted molar refractivity (Wildman–Crippen MR) is 22.8 cm³/mol. The highest BCUT2D eigenvalue weighted by molar-refractivity contribution is 5.87. The highest BCUT2D eigenvalue weighted by Gasteiger charge is 2.86. The molecule has 9 heteroatoms. The zero-order chi connectivity index (χ0) is 10.7. The molecule has 0 atom stereocenters. The normalized spacial score (nSPS) is 29.5. The SMILES string of the molecule is O=C1N(F)C(F)(F)C(F)(F)C1(F)F. The number of amides is 1. The first-order valence-electron chi connectivity index (χ1n) is 2.70. The molecule has 2 nitrogen and oxygen atoms in total. The Bertz CT molecular complexity index is 261. The van der Waals surface area contributed by atoms with Crippen molar-refractivity contribution in [3.8, 4) is 0 Å². The number of halogens is 7. The molecule has 1 fully saturated rings. The van der Waals surface area contributed by atoms with Crippen LogP contribution in [-0.4, -0.2) is 28.9 Å². The lowest BCUT2D eigenvalue weighted by molar-refractivity contribution is -0.318. The van der Waals surface area contributed by atoms with Crippen LogP contribution in [0.15, 0.2) is 0 Å². The number of rotatable bonds is 0. The number of carbonyl (C=O) groups is 1. The van der Waals surface area contributed by atoms with E-state index in [0.717, 1.165) is 0 Å². The van der Waals surface area contributed by atoms with E-state index in [2.05, 4.69) is 0 Å². The summed E-state index contributed by atoms with van der Waals surface area (Å²) >= 11 is 0. The van der Waals surface area contributed by atoms with E-state index in [0.29, 0.717) is 0 Å². The van der Waals surface area contributed by atoms with Gasteiger partial charge in [0.2, 0.25) is 0 Å². The summed E-state index contributed by atoms with van der Waals surface area (Å²) in [6, 6.07) is -5.81. The summed E-state index contributed by atoms with van der Waals surface area (Å²) in [7, 11) is 0. The summed E-state index contributed by atoms with van der Waals surface area (Å²) in [4.78, 5) is 9.90. The number of hydrogen-bond donors (Lipinski definition) is 0. The third-order valence-electron chi connectivity index (χ3n) is 1.47. The van der Waals surface area contributed by atoms with Crippen molar-refractivity contribution in [2.45, 2.75) is 17.9 Å². The standard InChI is InChI=1S/C4F7NO/c5-2(6)1(13)12(11)4(9,10)3(2,7)8. The van der Waals surface area contributed by atoms with Gasteiger partial charge in [0.05, 0.1) is 0 Å². The Labute approximate surface area is 65.8 Å². The highest BCUT2D eigenvalue weighted by atomic mass is 19.4. The molecule has 0 aromatic heterocycles. The van der Waals surface area contributed by atoms with Crippen molar-refractivity contribution in [2.24, 2.45) is 0 Å². The van der Waals surface area contributed by atoms with Crippen LogP contribution < -0.4 is 0 Å². The van der Waals surface area contributed by atoms with Gasteiger partial charge < -0.3 is 0 Å². The van der Waals surface area contributed by atoms with Gasteiger partial charge in [-0.1, -0.05) is 9.60 Å². The second kappa shape index (κ2) is 2.07. The number of alkyl halides is 6. The zero-order valence-electron chi connectivity index (χ0n) is 5.50. The average molecular weight is 211 g/mol. The monoisotopic (exact) mass is 211 g/mol. The first kappa shape index (κ1) is 10.1. The quantitative estimate of drug-likeness (QED) is 0.338. The molecule has 76 valence electrons. The van der Waals surface area contributed by atoms with E-state index in [1.165, 1.54) is 0 Å². The molecule has 1 saturated heterocycles. The van der Waals surface area contributed by atoms with E-state index in [9.17, 15) is 35.6 Å². The van der Waals surface area contributed by atoms with Crippen molar-refractivity contribution in [3.05, 3.63) is 0 Å². The molecule has 0 aliphatic carbocycles. The Morgan fingerprint density at radius 2 is 1.38 bits per heavy atom. The van der Waals surface area contributed by atoms with Crippen LogP contribution in [0.3, 0.4) is 0 Å². The maximum Gasteiger partial charge on any atom is 0.423 e. The van der Waals surface area contributed by atoms with Gasteiger partial charge in [0, 0.05) is 0 Å². The van der Waals surface area contributed by atoms with Gasteiger partial charge in [0.1, 0.15) is 0 Å². The lowest BCUT2D eigenvalue weighted by atomic mass is 10.2. The van der Waals surface area contributed by atoms with Gasteiger partial charge in [0.15, 0.2) is 0 Å². The van der Waals surface area contributed by atoms with Crippen LogP contribution in [0.5, 0.6) is 0 Å². The van der Waals surface area contributed by atoms with Crippen molar-refractivity contribution in [1.82, 2.24) is 5.12 Å². The molecule has 1 aliphatic rings. The van der Waals surface area contributed by atoms with E-state index in [4.69, 9.17) is 0 Å². The van der Waals surface area contributed by atoms with Crippen LogP contribution in [-0.2, 0) is 4.79 Å². The van der Waals surface area contributed by atoms with E-state index in [1.54, 1.807) is 0 Å². The molecule has 0 saturated carbocycles. The number of hydrogen-bond acceptors (Lipinski definition) is 1. The zero-order valence-corrected chi connectivity index (χ0v) is 5.50. The smallest absolute Gasteiger partial charge is 0.265 e. The molecule has 1 rings (SSSR count). The molecule has 0 N–H and O–H groups in total. The topological polar surface area (TPSA) is 20.3 Å². The van der Waals surface area contributed by atoms with Gasteiger partial charge in [-0.05, 0) is 0 Å². The fourth-order valence-corrected chi connectivity index (χ4v) is 0.697. The van der Waals surface area contributed by atoms with Crippen LogP contribution >= 0.6 is 0 Å². The van der Waals surface area contributed by atoms with Gasteiger partial charge in [-0.2, -0.15) is 26.3 Å². The molecule has 0 radical (unpaired) electrons. The fourth-order valence-electron chi connectivity index (χ4n) is 0.697. The lowest BCUT2D eigenvalue weighted by Crippen LogP contribution is -2.49. The van der Waals surface area contributed by atoms with Gasteiger partial charge in [-0.25, -0.2) is 0 Å². The molecule has 0 bridgehead atoms. The molecule has 1 heterocycles. The van der Waals surface area contributed by atoms with E-state index in [-0.39, 0.29) is 0 Å². The highest BCUT2D eigenvalue weighted by Crippen LogP contribution is 2.54. The van der Waals surface area contributed by atoms with Crippen LogP contribution in [0.1, 0.15) is 0 Å². The minimum Gasteiger partial charge on any atom is -0.265 e. The second-order valence-electron chi connectivity index (χ2n) is 2.28. The lowest BCUT2D eigenvalue weighted by Gasteiger charge is -2.20. The maximum absolute atomic E-state index is 12.0. The molecule has 0 aromatic carbocycles. The Kier molecular flexibility index (Phi) is 1.60. The Morgan fingerprint density at radius 1 is 1.00 bits per heavy atom. The van der Waals surface area contributed by atoms with Crippen molar-refractivity contribution in [1.29, 1.82) is 0 Å². The Balaban J connectivity index is 3.31. The minimum atomic E-state index is -6.04. The minimum absolute atomic E-state index is 2.45. The van der Waals surface area contributed by atoms with Crippen molar-refractivity contribution in [3.63, 3.8) is 0 Å². The second-order valence-corrected chi connectivity index (χ2v) is 2.28. The molecule has 0 unspecified atom stereocenters. The summed E-state index contributed by atoms with van der Waals surface area (Å²) in [5.74, 6) is -15.0. The van der Waals surface area contributed by atoms with Gasteiger partial charge in [0.25, 0.3) is 0 Å². The van der Waals surface area contributed by atoms with E-state index in [1.807, 2.05) is 0 Å². The summed E-state index contributed by atoms with van der Waals surface area (Å²) in [5.41, 5.74) is 0. The number of nitrogens with zero attached hydrogens (tertiary/aromatic N) is 1. The molecule has 1 aliphatic heterocycles. The Hall–Kier alpha value is -1.02. The van der Waals surface area contributed by atoms with Crippen molar-refractivity contribution in [2.75, 3.05) is 0 Å². The first-order chi connectivity index (χ1) is 5.57. The van der Waals surface area contributed by atoms with Crippen molar-refractivity contribution < 1.29 is 35.6 Å². The van der Waals surface area contributed by atoms with Crippen LogP contribution in [0.25, 0.3) is 0 Å². The molecule has 13 heavy (non-hydrogen) atoms. The van der Waals surface area contributed by atoms with Gasteiger partial charge in [-0.3, -0.25) is 4.79 Å². The van der Waals surface area contributed by atoms with Crippen LogP contribution in [0.4, 0.5) is 30.8 Å². The summed E-state index contributed by atoms with van der Waals surface area (Å²) in [5, 5.41) is -2.45. The first-order valence-corrected chi connectivity index (χ1v) is 2.70. The fraction of sp³-hybridized carbons (Fsp3) is 0.750. The van der Waals surface area contributed by atoms with Crippen LogP contribution in [0, 0.1) is 0 Å². The molecule has 1 amide bonds. The Morgan fingerprint density at radius 3 is 1.46 bits per heavy atom. The molecular weight excluding hydrogens is 211 g/mol. The predicted octanol–water partition coefficient (Wildman–Crippen LogP) is 1.58. The molecular formula is C4F7NO. The molecule has 0 aromatic rings. The van der Waals surface area contributed by atoms with E-state index >= 15 is 0 Å². The van der Waals surface area contributed by atoms with Crippen LogP contribution in [0.2, 0.25) is 0 Å². The van der Waals surface area contributed by atoms with Gasteiger partial charge in [-0.15, -0.1) is 0 Å². The molecule has 0 spiro atoms. The number of carbonyl (C=O) groups excluding carboxylic acids is 1. The van der Waals surface area contributed by atoms with Crippen molar-refractivity contribution >= 4 is 5.91 Å². The van der Waals surface area contributed by atoms with Gasteiger partial charge >= 0.3 is 23.8 Å². The summed E-state index contributed by atoms with van der Waals surface area (Å²) < 4.78 is 83.8. The summed E-state index contributed by atoms with van der Waals surface area (Å²) in [6.07, 6.45) is 0. The maximum atomic E-state index is 12.0. The average Bonchev–Trinajstić information content (AvgIpc) is 2.05. The third kappa shape index (κ3) is 0.814. The third-order valence-corrected chi connectivity index (χ3v) is 1.47. The summed E-state index contributed by atoms with van der Waals surface area (Å²) in [6.45, 7) is 0.